The van der Waals surface area contributed by atoms with Crippen LogP contribution in [0.1, 0.15) is 17.9 Å². The molecule has 54 valence electrons. The highest BCUT2D eigenvalue weighted by Gasteiger charge is 1.89. The molecule has 2 N–H and O–H groups in total. The van der Waals surface area contributed by atoms with Gasteiger partial charge in [0.25, 0.3) is 0 Å². The van der Waals surface area contributed by atoms with E-state index in [1.165, 1.54) is 0 Å². The first-order chi connectivity index (χ1) is 8.38. The average molecular weight is 146 g/mol. The molecule has 10 heavy (non-hydrogen) atoms. The first-order valence-corrected chi connectivity index (χ1v) is 2.45. The van der Waals surface area contributed by atoms with Crippen LogP contribution in [-0.2, 0) is 11.3 Å². The van der Waals surface area contributed by atoms with E-state index in [1.807, 2.05) is 0 Å². The third-order valence-electron chi connectivity index (χ3n) is 0.797. The lowest BCUT2D eigenvalue weighted by Crippen LogP contribution is -1.89. The number of hydrogen-bond donors (Lipinski definition) is 1. The van der Waals surface area contributed by atoms with E-state index in [1.54, 1.807) is 0 Å². The molecule has 1 aromatic carbocycles. The van der Waals surface area contributed by atoms with Gasteiger partial charge in [-0.1, -0.05) is 12.1 Å². The third kappa shape index (κ3) is 1.74. The molecule has 0 amide bonds. The number of rotatable bonds is 2. The molecule has 0 bridgehead atoms. The van der Waals surface area contributed by atoms with E-state index in [-0.39, 0.29) is 0 Å². The van der Waals surface area contributed by atoms with Crippen LogP contribution in [0.3, 0.4) is 0 Å². The Bertz CT molecular complexity index is 481. The number of ether oxygens (including phenoxy) is 1. The van der Waals surface area contributed by atoms with Gasteiger partial charge >= 0.3 is 0 Å². The SMILES string of the molecule is [2H]c1c([2H])c(N)c([2H])c(C([2H])([2H])OC([2H])([2H])[2H])c1[2H]. The lowest BCUT2D eigenvalue weighted by atomic mass is 10.2. The zero-order chi connectivity index (χ0) is 15.2. The van der Waals surface area contributed by atoms with Crippen LogP contribution in [0.15, 0.2) is 24.2 Å². The van der Waals surface area contributed by atoms with Gasteiger partial charge in [0.15, 0.2) is 0 Å². The van der Waals surface area contributed by atoms with Crippen LogP contribution in [0, 0.1) is 0 Å². The van der Waals surface area contributed by atoms with E-state index in [0.29, 0.717) is 0 Å². The van der Waals surface area contributed by atoms with Gasteiger partial charge in [-0.2, -0.15) is 0 Å². The highest BCUT2D eigenvalue weighted by Crippen LogP contribution is 2.06. The van der Waals surface area contributed by atoms with Gasteiger partial charge in [0.05, 0.1) is 18.9 Å². The van der Waals surface area contributed by atoms with E-state index in [9.17, 15) is 0 Å². The van der Waals surface area contributed by atoms with Crippen LogP contribution in [0.25, 0.3) is 0 Å². The fraction of sp³-hybridized carbons (Fsp3) is 0.250. The van der Waals surface area contributed by atoms with E-state index in [4.69, 9.17) is 18.1 Å². The number of benzene rings is 1. The predicted molar refractivity (Wildman–Crippen MR) is 41.6 cm³/mol. The molecule has 0 spiro atoms. The summed E-state index contributed by atoms with van der Waals surface area (Å²) in [4.78, 5) is 0. The minimum Gasteiger partial charge on any atom is -0.399 e. The summed E-state index contributed by atoms with van der Waals surface area (Å²) in [7, 11) is -3.08. The highest BCUT2D eigenvalue weighted by atomic mass is 16.5. The van der Waals surface area contributed by atoms with Crippen molar-refractivity contribution in [2.45, 2.75) is 6.56 Å². The molecule has 1 aromatic rings. The number of anilines is 1. The van der Waals surface area contributed by atoms with Gasteiger partial charge in [0.1, 0.15) is 0 Å². The normalized spacial score (nSPS) is 25.4. The molecular weight excluding hydrogens is 126 g/mol. The number of nitrogens with two attached hydrogens (primary N) is 1. The highest BCUT2D eigenvalue weighted by molar-refractivity contribution is 5.40. The van der Waals surface area contributed by atoms with Crippen molar-refractivity contribution in [1.29, 1.82) is 0 Å². The van der Waals surface area contributed by atoms with Crippen molar-refractivity contribution < 1.29 is 17.1 Å². The van der Waals surface area contributed by atoms with Crippen LogP contribution in [-0.4, -0.2) is 7.04 Å². The number of hydrogen-bond acceptors (Lipinski definition) is 2. The molecular formula is C8H11NO. The minimum atomic E-state index is -3.08. The van der Waals surface area contributed by atoms with Crippen LogP contribution in [0.4, 0.5) is 5.69 Å². The summed E-state index contributed by atoms with van der Waals surface area (Å²) >= 11 is 0. The molecule has 0 unspecified atom stereocenters. The van der Waals surface area contributed by atoms with E-state index >= 15 is 0 Å². The fourth-order valence-electron chi connectivity index (χ4n) is 0.460. The molecule has 0 aromatic heterocycles. The first kappa shape index (κ1) is 1.77. The van der Waals surface area contributed by atoms with Gasteiger partial charge in [0.2, 0.25) is 0 Å². The lowest BCUT2D eigenvalue weighted by molar-refractivity contribution is 0.185. The Kier molecular flexibility index (Phi) is 0.570. The van der Waals surface area contributed by atoms with Crippen LogP contribution in [0.5, 0.6) is 0 Å². The van der Waals surface area contributed by atoms with Gasteiger partial charge < -0.3 is 10.5 Å². The van der Waals surface area contributed by atoms with Gasteiger partial charge in [-0.25, -0.2) is 0 Å². The van der Waals surface area contributed by atoms with Crippen molar-refractivity contribution in [1.82, 2.24) is 0 Å². The number of nitrogen functional groups attached to an aromatic ring is 1. The molecule has 2 heteroatoms. The van der Waals surface area contributed by atoms with Gasteiger partial charge in [0, 0.05) is 12.7 Å². The Balaban J connectivity index is 3.51. The quantitative estimate of drug-likeness (QED) is 0.640. The summed E-state index contributed by atoms with van der Waals surface area (Å²) in [6, 6.07) is -2.79. The first-order valence-electron chi connectivity index (χ1n) is 6.95. The Morgan fingerprint density at radius 3 is 3.60 bits per heavy atom. The molecule has 0 aliphatic rings. The second-order valence-corrected chi connectivity index (χ2v) is 1.49. The third-order valence-corrected chi connectivity index (χ3v) is 0.797. The monoisotopic (exact) mass is 146 g/mol. The summed E-state index contributed by atoms with van der Waals surface area (Å²) in [5.74, 6) is 0. The van der Waals surface area contributed by atoms with E-state index < -0.39 is 49.0 Å². The largest absolute Gasteiger partial charge is 0.399 e. The van der Waals surface area contributed by atoms with Crippen LogP contribution in [0.2, 0.25) is 0 Å². The van der Waals surface area contributed by atoms with Crippen molar-refractivity contribution in [3.05, 3.63) is 29.7 Å². The zero-order valence-electron chi connectivity index (χ0n) is 14.0. The van der Waals surface area contributed by atoms with E-state index in [2.05, 4.69) is 4.74 Å². The summed E-state index contributed by atoms with van der Waals surface area (Å²) in [6.45, 7) is -2.99. The van der Waals surface area contributed by atoms with E-state index in [0.717, 1.165) is 0 Å². The van der Waals surface area contributed by atoms with Gasteiger partial charge in [-0.3, -0.25) is 0 Å². The topological polar surface area (TPSA) is 35.2 Å². The van der Waals surface area contributed by atoms with Crippen molar-refractivity contribution in [2.75, 3.05) is 12.8 Å². The maximum absolute atomic E-state index is 7.59. The summed E-state index contributed by atoms with van der Waals surface area (Å²) in [5.41, 5.74) is 4.09. The molecule has 0 fully saturated rings. The summed E-state index contributed by atoms with van der Waals surface area (Å²) in [6.07, 6.45) is 0. The Hall–Kier alpha value is -1.02. The molecule has 0 heterocycles. The standard InChI is InChI=1S/C8H11NO/c1-10-6-7-3-2-4-8(9)5-7/h2-5H,6,9H2,1H3/i1D3,2D,3D,4D,5D,6D2. The minimum absolute atomic E-state index is 0.506. The van der Waals surface area contributed by atoms with Crippen molar-refractivity contribution in [2.24, 2.45) is 0 Å². The molecule has 1 rings (SSSR count). The van der Waals surface area contributed by atoms with Gasteiger partial charge in [-0.15, -0.1) is 0 Å². The van der Waals surface area contributed by atoms with Crippen LogP contribution < -0.4 is 5.73 Å². The van der Waals surface area contributed by atoms with Crippen molar-refractivity contribution in [3.8, 4) is 0 Å². The molecule has 2 nitrogen and oxygen atoms in total. The Labute approximate surface area is 73.3 Å². The molecule has 0 aliphatic heterocycles. The second-order valence-electron chi connectivity index (χ2n) is 1.49. The Morgan fingerprint density at radius 2 is 2.80 bits per heavy atom. The van der Waals surface area contributed by atoms with Crippen molar-refractivity contribution in [3.63, 3.8) is 0 Å². The Morgan fingerprint density at radius 1 is 1.90 bits per heavy atom. The maximum Gasteiger partial charge on any atom is 0.0713 e. The molecule has 0 saturated heterocycles. The van der Waals surface area contributed by atoms with Gasteiger partial charge in [-0.05, 0) is 17.6 Å². The molecule has 0 aliphatic carbocycles. The molecule has 0 atom stereocenters. The van der Waals surface area contributed by atoms with Crippen LogP contribution >= 0.6 is 0 Å². The average Bonchev–Trinajstić information content (AvgIpc) is 2.20. The smallest absolute Gasteiger partial charge is 0.0713 e. The van der Waals surface area contributed by atoms with Crippen molar-refractivity contribution >= 4 is 5.69 Å². The predicted octanol–water partition coefficient (Wildman–Crippen LogP) is 1.42. The maximum atomic E-state index is 7.59. The molecule has 0 radical (unpaired) electrons. The fourth-order valence-corrected chi connectivity index (χ4v) is 0.460. The molecule has 0 saturated carbocycles. The lowest BCUT2D eigenvalue weighted by Gasteiger charge is -1.98. The second kappa shape index (κ2) is 3.22. The zero-order valence-corrected chi connectivity index (χ0v) is 4.99. The number of methoxy groups -OCH3 is 1. The summed E-state index contributed by atoms with van der Waals surface area (Å²) in [5, 5.41) is 0. The summed E-state index contributed by atoms with van der Waals surface area (Å²) < 4.78 is 69.8.